The summed E-state index contributed by atoms with van der Waals surface area (Å²) in [5.41, 5.74) is 3.25. The number of hydrogen-bond acceptors (Lipinski definition) is 7. The number of benzene rings is 1. The number of carbonyl (C=O) groups excluding carboxylic acids is 3. The van der Waals surface area contributed by atoms with Gasteiger partial charge in [-0.1, -0.05) is 24.3 Å². The third-order valence-corrected chi connectivity index (χ3v) is 8.26. The van der Waals surface area contributed by atoms with Crippen LogP contribution in [0.15, 0.2) is 64.8 Å². The summed E-state index contributed by atoms with van der Waals surface area (Å²) in [5, 5.41) is 5.41. The number of nitrogens with one attached hydrogen (secondary N) is 1. The van der Waals surface area contributed by atoms with Crippen molar-refractivity contribution in [2.45, 2.75) is 57.0 Å². The van der Waals surface area contributed by atoms with Gasteiger partial charge >= 0.3 is 11.9 Å². The van der Waals surface area contributed by atoms with Crippen LogP contribution < -0.4 is 5.32 Å². The van der Waals surface area contributed by atoms with E-state index >= 15 is 0 Å². The van der Waals surface area contributed by atoms with Crippen LogP contribution in [0.3, 0.4) is 0 Å². The maximum absolute atomic E-state index is 13.6. The molecule has 2 aromatic rings. The highest BCUT2D eigenvalue weighted by molar-refractivity contribution is 7.10. The molecule has 0 spiro atoms. The molecule has 2 aliphatic carbocycles. The molecule has 5 rings (SSSR count). The molecule has 1 aromatic heterocycles. The predicted octanol–water partition coefficient (Wildman–Crippen LogP) is 5.24. The van der Waals surface area contributed by atoms with Crippen LogP contribution in [-0.2, 0) is 19.1 Å². The fourth-order valence-corrected chi connectivity index (χ4v) is 6.35. The van der Waals surface area contributed by atoms with E-state index in [0.29, 0.717) is 23.3 Å². The van der Waals surface area contributed by atoms with Crippen LogP contribution in [0.25, 0.3) is 0 Å². The molecule has 0 bridgehead atoms. The SMILES string of the molecule is COC(=O)c1ccc(C2C(C(=O)OC3CCCC3)=C(C)NC3=CC(c4cccs4)CC(=O)C32)cc1. The molecule has 3 unspecified atom stereocenters. The number of allylic oxidation sites excluding steroid dienone is 3. The molecule has 0 amide bonds. The number of ether oxygens (including phenoxy) is 2. The Morgan fingerprint density at radius 1 is 1.03 bits per heavy atom. The molecule has 7 heteroatoms. The molecule has 35 heavy (non-hydrogen) atoms. The zero-order chi connectivity index (χ0) is 24.5. The zero-order valence-corrected chi connectivity index (χ0v) is 20.7. The van der Waals surface area contributed by atoms with Gasteiger partial charge < -0.3 is 14.8 Å². The van der Waals surface area contributed by atoms with Gasteiger partial charge in [-0.2, -0.15) is 0 Å². The molecular weight excluding hydrogens is 462 g/mol. The monoisotopic (exact) mass is 491 g/mol. The lowest BCUT2D eigenvalue weighted by molar-refractivity contribution is -0.144. The predicted molar refractivity (Wildman–Crippen MR) is 133 cm³/mol. The second-order valence-corrected chi connectivity index (χ2v) is 10.4. The van der Waals surface area contributed by atoms with Gasteiger partial charge in [-0.25, -0.2) is 9.59 Å². The van der Waals surface area contributed by atoms with Crippen molar-refractivity contribution in [3.63, 3.8) is 0 Å². The van der Waals surface area contributed by atoms with Crippen molar-refractivity contribution in [2.75, 3.05) is 7.11 Å². The summed E-state index contributed by atoms with van der Waals surface area (Å²) in [6.45, 7) is 1.87. The molecule has 0 radical (unpaired) electrons. The highest BCUT2D eigenvalue weighted by atomic mass is 32.1. The Balaban J connectivity index is 1.56. The average Bonchev–Trinajstić information content (AvgIpc) is 3.57. The maximum atomic E-state index is 13.6. The maximum Gasteiger partial charge on any atom is 0.337 e. The van der Waals surface area contributed by atoms with Gasteiger partial charge in [0, 0.05) is 34.5 Å². The number of carbonyl (C=O) groups is 3. The van der Waals surface area contributed by atoms with Crippen molar-refractivity contribution in [2.24, 2.45) is 5.92 Å². The van der Waals surface area contributed by atoms with Crippen molar-refractivity contribution in [1.29, 1.82) is 0 Å². The van der Waals surface area contributed by atoms with Crippen LogP contribution in [0.2, 0.25) is 0 Å². The van der Waals surface area contributed by atoms with Crippen molar-refractivity contribution in [1.82, 2.24) is 5.32 Å². The third kappa shape index (κ3) is 4.57. The number of fused-ring (bicyclic) bond motifs is 1. The zero-order valence-electron chi connectivity index (χ0n) is 19.9. The average molecular weight is 492 g/mol. The molecule has 1 saturated carbocycles. The Labute approximate surface area is 209 Å². The highest BCUT2D eigenvalue weighted by Gasteiger charge is 2.45. The van der Waals surface area contributed by atoms with Crippen LogP contribution in [0.4, 0.5) is 0 Å². The van der Waals surface area contributed by atoms with Gasteiger partial charge in [0.05, 0.1) is 24.2 Å². The Morgan fingerprint density at radius 2 is 1.77 bits per heavy atom. The minimum Gasteiger partial charge on any atom is -0.465 e. The van der Waals surface area contributed by atoms with Gasteiger partial charge in [-0.3, -0.25) is 4.79 Å². The molecule has 6 nitrogen and oxygen atoms in total. The van der Waals surface area contributed by atoms with Gasteiger partial charge in [-0.15, -0.1) is 11.3 Å². The van der Waals surface area contributed by atoms with E-state index in [0.717, 1.165) is 41.8 Å². The van der Waals surface area contributed by atoms with Gasteiger partial charge in [0.2, 0.25) is 0 Å². The van der Waals surface area contributed by atoms with Gasteiger partial charge in [0.25, 0.3) is 0 Å². The van der Waals surface area contributed by atoms with Crippen LogP contribution >= 0.6 is 11.3 Å². The number of Topliss-reactive ketones (excluding diaryl/α,β-unsaturated/α-hetero) is 1. The summed E-state index contributed by atoms with van der Waals surface area (Å²) < 4.78 is 10.7. The number of rotatable bonds is 5. The third-order valence-electron chi connectivity index (χ3n) is 7.26. The number of thiophene rings is 1. The second-order valence-electron chi connectivity index (χ2n) is 9.46. The summed E-state index contributed by atoms with van der Waals surface area (Å²) in [7, 11) is 1.34. The van der Waals surface area contributed by atoms with E-state index in [4.69, 9.17) is 9.47 Å². The molecule has 2 heterocycles. The van der Waals surface area contributed by atoms with E-state index in [-0.39, 0.29) is 23.8 Å². The minimum absolute atomic E-state index is 0.0170. The lowest BCUT2D eigenvalue weighted by Gasteiger charge is -2.39. The summed E-state index contributed by atoms with van der Waals surface area (Å²) in [5.74, 6) is -1.68. The first-order valence-corrected chi connectivity index (χ1v) is 13.0. The van der Waals surface area contributed by atoms with Crippen LogP contribution in [0.1, 0.15) is 71.7 Å². The summed E-state index contributed by atoms with van der Waals surface area (Å²) in [6, 6.07) is 11.0. The second kappa shape index (κ2) is 9.82. The molecule has 182 valence electrons. The van der Waals surface area contributed by atoms with Gasteiger partial charge in [0.1, 0.15) is 11.9 Å². The summed E-state index contributed by atoms with van der Waals surface area (Å²) in [4.78, 5) is 40.2. The largest absolute Gasteiger partial charge is 0.465 e. The summed E-state index contributed by atoms with van der Waals surface area (Å²) in [6.07, 6.45) is 6.32. The normalized spacial score (nSPS) is 24.5. The molecular formula is C28H29NO5S. The lowest BCUT2D eigenvalue weighted by Crippen LogP contribution is -2.42. The fourth-order valence-electron chi connectivity index (χ4n) is 5.55. The van der Waals surface area contributed by atoms with E-state index in [1.807, 2.05) is 30.5 Å². The van der Waals surface area contributed by atoms with E-state index in [1.165, 1.54) is 7.11 Å². The molecule has 1 aromatic carbocycles. The first-order chi connectivity index (χ1) is 17.0. The molecule has 1 N–H and O–H groups in total. The van der Waals surface area contributed by atoms with Crippen LogP contribution in [0, 0.1) is 5.92 Å². The number of ketones is 1. The Bertz CT molecular complexity index is 1190. The number of methoxy groups -OCH3 is 1. The van der Waals surface area contributed by atoms with E-state index in [1.54, 1.807) is 23.5 Å². The molecule has 1 aliphatic heterocycles. The van der Waals surface area contributed by atoms with Crippen molar-refractivity contribution in [3.05, 3.63) is 80.8 Å². The topological polar surface area (TPSA) is 81.7 Å². The molecule has 1 fully saturated rings. The molecule has 3 aliphatic rings. The molecule has 0 saturated heterocycles. The quantitative estimate of drug-likeness (QED) is 0.576. The van der Waals surface area contributed by atoms with E-state index < -0.39 is 17.8 Å². The molecule has 3 atom stereocenters. The number of hydrogen-bond donors (Lipinski definition) is 1. The van der Waals surface area contributed by atoms with Crippen molar-refractivity contribution < 1.29 is 23.9 Å². The van der Waals surface area contributed by atoms with Crippen LogP contribution in [-0.4, -0.2) is 30.9 Å². The van der Waals surface area contributed by atoms with Gasteiger partial charge in [-0.05, 0) is 61.7 Å². The van der Waals surface area contributed by atoms with Gasteiger partial charge in [0.15, 0.2) is 0 Å². The fraction of sp³-hybridized carbons (Fsp3) is 0.393. The van der Waals surface area contributed by atoms with E-state index in [9.17, 15) is 14.4 Å². The Kier molecular flexibility index (Phi) is 6.60. The smallest absolute Gasteiger partial charge is 0.337 e. The Hall–Kier alpha value is -3.19. The van der Waals surface area contributed by atoms with Crippen molar-refractivity contribution in [3.8, 4) is 0 Å². The highest BCUT2D eigenvalue weighted by Crippen LogP contribution is 2.47. The summed E-state index contributed by atoms with van der Waals surface area (Å²) >= 11 is 1.64. The number of esters is 2. The Morgan fingerprint density at radius 3 is 2.43 bits per heavy atom. The minimum atomic E-state index is -0.509. The lowest BCUT2D eigenvalue weighted by atomic mass is 9.69. The van der Waals surface area contributed by atoms with Crippen LogP contribution in [0.5, 0.6) is 0 Å². The first kappa shape index (κ1) is 23.5. The first-order valence-electron chi connectivity index (χ1n) is 12.1. The van der Waals surface area contributed by atoms with E-state index in [2.05, 4.69) is 17.5 Å². The van der Waals surface area contributed by atoms with Crippen molar-refractivity contribution >= 4 is 29.1 Å². The standard InChI is InChI=1S/C28H29NO5S/c1-16-24(28(32)34-20-6-3-4-7-20)25(17-9-11-18(12-10-17)27(31)33-2)26-21(29-16)14-19(15-22(26)30)23-8-5-13-35-23/h5,8-14,19-20,25-26,29H,3-4,6-7,15H2,1-2H3.